The van der Waals surface area contributed by atoms with Gasteiger partial charge < -0.3 is 15.2 Å². The lowest BCUT2D eigenvalue weighted by molar-refractivity contribution is -0.304. The summed E-state index contributed by atoms with van der Waals surface area (Å²) in [5.41, 5.74) is 0.454. The molecule has 0 saturated heterocycles. The lowest BCUT2D eigenvalue weighted by atomic mass is 10.1. The maximum Gasteiger partial charge on any atom is 0.471 e. The molecule has 0 spiro atoms. The van der Waals surface area contributed by atoms with E-state index in [9.17, 15) is 32.7 Å². The summed E-state index contributed by atoms with van der Waals surface area (Å²) in [5, 5.41) is 11.8. The van der Waals surface area contributed by atoms with Crippen LogP contribution in [0.3, 0.4) is 0 Å². The van der Waals surface area contributed by atoms with Crippen LogP contribution >= 0.6 is 0 Å². The standard InChI is InChI=1S/C12H10F3NO4/c13-12(14,15)11(20)16-6-9(17)8-3-1-7(2-4-8)5-10(18)19/h1-4H,5-6H2,(H,16,20)(H,18,19)/p-1. The van der Waals surface area contributed by atoms with Gasteiger partial charge in [-0.15, -0.1) is 0 Å². The Hall–Kier alpha value is -2.38. The molecule has 0 atom stereocenters. The number of aliphatic carboxylic acids is 1. The number of halogens is 3. The molecule has 5 nitrogen and oxygen atoms in total. The summed E-state index contributed by atoms with van der Waals surface area (Å²) in [6, 6.07) is 5.21. The topological polar surface area (TPSA) is 86.3 Å². The molecule has 0 bridgehead atoms. The van der Waals surface area contributed by atoms with Crippen LogP contribution in [0.15, 0.2) is 24.3 Å². The molecule has 1 aromatic rings. The Morgan fingerprint density at radius 1 is 1.10 bits per heavy atom. The van der Waals surface area contributed by atoms with Gasteiger partial charge in [-0.1, -0.05) is 24.3 Å². The van der Waals surface area contributed by atoms with Gasteiger partial charge in [0, 0.05) is 18.0 Å². The average molecular weight is 288 g/mol. The minimum Gasteiger partial charge on any atom is -0.550 e. The Balaban J connectivity index is 2.60. The van der Waals surface area contributed by atoms with Crippen molar-refractivity contribution in [3.05, 3.63) is 35.4 Å². The van der Waals surface area contributed by atoms with Gasteiger partial charge in [0.05, 0.1) is 6.54 Å². The van der Waals surface area contributed by atoms with Crippen molar-refractivity contribution in [2.45, 2.75) is 12.6 Å². The Labute approximate surface area is 111 Å². The van der Waals surface area contributed by atoms with E-state index < -0.39 is 30.4 Å². The first-order valence-corrected chi connectivity index (χ1v) is 5.37. The zero-order chi connectivity index (χ0) is 15.3. The monoisotopic (exact) mass is 288 g/mol. The van der Waals surface area contributed by atoms with Crippen molar-refractivity contribution in [3.63, 3.8) is 0 Å². The van der Waals surface area contributed by atoms with Crippen LogP contribution in [-0.2, 0) is 16.0 Å². The number of carbonyl (C=O) groups is 3. The van der Waals surface area contributed by atoms with Crippen LogP contribution in [0.4, 0.5) is 13.2 Å². The number of carbonyl (C=O) groups excluding carboxylic acids is 3. The maximum absolute atomic E-state index is 11.9. The van der Waals surface area contributed by atoms with Gasteiger partial charge >= 0.3 is 12.1 Å². The van der Waals surface area contributed by atoms with E-state index in [-0.39, 0.29) is 12.0 Å². The van der Waals surface area contributed by atoms with Crippen molar-refractivity contribution in [2.75, 3.05) is 6.54 Å². The minimum atomic E-state index is -5.04. The number of carboxylic acids is 1. The summed E-state index contributed by atoms with van der Waals surface area (Å²) in [6.45, 7) is -0.793. The molecule has 0 unspecified atom stereocenters. The second-order valence-electron chi connectivity index (χ2n) is 3.85. The highest BCUT2D eigenvalue weighted by Crippen LogP contribution is 2.14. The summed E-state index contributed by atoms with van der Waals surface area (Å²) >= 11 is 0. The van der Waals surface area contributed by atoms with E-state index in [0.717, 1.165) is 0 Å². The number of ketones is 1. The Morgan fingerprint density at radius 3 is 2.10 bits per heavy atom. The number of hydrogen-bond donors (Lipinski definition) is 1. The number of nitrogens with one attached hydrogen (secondary N) is 1. The molecule has 8 heteroatoms. The van der Waals surface area contributed by atoms with Crippen LogP contribution in [0.2, 0.25) is 0 Å². The van der Waals surface area contributed by atoms with E-state index in [1.165, 1.54) is 29.6 Å². The van der Waals surface area contributed by atoms with E-state index in [4.69, 9.17) is 0 Å². The molecule has 108 valence electrons. The molecule has 1 N–H and O–H groups in total. The molecule has 0 saturated carbocycles. The first-order chi connectivity index (χ1) is 9.20. The highest BCUT2D eigenvalue weighted by atomic mass is 19.4. The SMILES string of the molecule is O=C([O-])Cc1ccc(C(=O)CNC(=O)C(F)(F)F)cc1. The van der Waals surface area contributed by atoms with Crippen molar-refractivity contribution >= 4 is 17.7 Å². The molecule has 0 aliphatic carbocycles. The first-order valence-electron chi connectivity index (χ1n) is 5.37. The molecule has 0 heterocycles. The normalized spacial score (nSPS) is 10.9. The fourth-order valence-corrected chi connectivity index (χ4v) is 1.34. The van der Waals surface area contributed by atoms with E-state index in [2.05, 4.69) is 0 Å². The molecular weight excluding hydrogens is 279 g/mol. The number of Topliss-reactive ketones (excluding diaryl/α,β-unsaturated/α-hetero) is 1. The third-order valence-electron chi connectivity index (χ3n) is 2.29. The van der Waals surface area contributed by atoms with Crippen LogP contribution in [-0.4, -0.2) is 30.4 Å². The Morgan fingerprint density at radius 2 is 1.65 bits per heavy atom. The summed E-state index contributed by atoms with van der Waals surface area (Å²) in [7, 11) is 0. The van der Waals surface area contributed by atoms with Crippen molar-refractivity contribution in [1.82, 2.24) is 5.32 Å². The summed E-state index contributed by atoms with van der Waals surface area (Å²) in [4.78, 5) is 32.3. The van der Waals surface area contributed by atoms with Gasteiger partial charge in [0.1, 0.15) is 0 Å². The van der Waals surface area contributed by atoms with Crippen molar-refractivity contribution < 1.29 is 32.7 Å². The number of alkyl halides is 3. The van der Waals surface area contributed by atoms with Crippen LogP contribution in [0.25, 0.3) is 0 Å². The average Bonchev–Trinajstić information content (AvgIpc) is 2.34. The van der Waals surface area contributed by atoms with Crippen LogP contribution in [0, 0.1) is 0 Å². The summed E-state index contributed by atoms with van der Waals surface area (Å²) in [5.74, 6) is -4.21. The first kappa shape index (κ1) is 15.7. The Bertz CT molecular complexity index is 522. The molecule has 1 amide bonds. The Kier molecular flexibility index (Phi) is 4.84. The van der Waals surface area contributed by atoms with E-state index in [1.54, 1.807) is 0 Å². The molecule has 0 fully saturated rings. The van der Waals surface area contributed by atoms with Gasteiger partial charge in [0.2, 0.25) is 0 Å². The molecule has 1 rings (SSSR count). The maximum atomic E-state index is 11.9. The molecule has 1 aromatic carbocycles. The molecular formula is C12H9F3NO4-. The van der Waals surface area contributed by atoms with E-state index in [0.29, 0.717) is 5.56 Å². The quantitative estimate of drug-likeness (QED) is 0.763. The number of rotatable bonds is 5. The van der Waals surface area contributed by atoms with Gasteiger partial charge in [0.25, 0.3) is 0 Å². The van der Waals surface area contributed by atoms with Crippen molar-refractivity contribution in [2.24, 2.45) is 0 Å². The predicted molar refractivity (Wildman–Crippen MR) is 58.5 cm³/mol. The number of hydrogen-bond acceptors (Lipinski definition) is 4. The number of amides is 1. The van der Waals surface area contributed by atoms with Crippen molar-refractivity contribution in [1.29, 1.82) is 0 Å². The fourth-order valence-electron chi connectivity index (χ4n) is 1.34. The van der Waals surface area contributed by atoms with Crippen LogP contribution in [0.5, 0.6) is 0 Å². The number of carboxylic acid groups (broad SMARTS) is 1. The van der Waals surface area contributed by atoms with Crippen LogP contribution < -0.4 is 10.4 Å². The zero-order valence-corrected chi connectivity index (χ0v) is 9.99. The molecule has 0 aliphatic heterocycles. The lowest BCUT2D eigenvalue weighted by Crippen LogP contribution is -2.39. The van der Waals surface area contributed by atoms with Crippen LogP contribution in [0.1, 0.15) is 15.9 Å². The molecule has 0 aliphatic rings. The summed E-state index contributed by atoms with van der Waals surface area (Å²) in [6.07, 6.45) is -5.38. The van der Waals surface area contributed by atoms with Gasteiger partial charge in [-0.25, -0.2) is 0 Å². The highest BCUT2D eigenvalue weighted by Gasteiger charge is 2.38. The van der Waals surface area contributed by atoms with Gasteiger partial charge in [0.15, 0.2) is 5.78 Å². The highest BCUT2D eigenvalue weighted by molar-refractivity contribution is 5.99. The number of benzene rings is 1. The second-order valence-corrected chi connectivity index (χ2v) is 3.85. The summed E-state index contributed by atoms with van der Waals surface area (Å²) < 4.78 is 35.7. The van der Waals surface area contributed by atoms with Crippen molar-refractivity contribution in [3.8, 4) is 0 Å². The zero-order valence-electron chi connectivity index (χ0n) is 9.99. The van der Waals surface area contributed by atoms with E-state index in [1.807, 2.05) is 0 Å². The molecule has 20 heavy (non-hydrogen) atoms. The molecule has 0 radical (unpaired) electrons. The second kappa shape index (κ2) is 6.18. The third-order valence-corrected chi connectivity index (χ3v) is 2.29. The molecule has 0 aromatic heterocycles. The largest absolute Gasteiger partial charge is 0.550 e. The van der Waals surface area contributed by atoms with E-state index >= 15 is 0 Å². The van der Waals surface area contributed by atoms with Gasteiger partial charge in [-0.2, -0.15) is 13.2 Å². The van der Waals surface area contributed by atoms with Gasteiger partial charge in [-0.3, -0.25) is 9.59 Å². The lowest BCUT2D eigenvalue weighted by Gasteiger charge is -2.08. The minimum absolute atomic E-state index is 0.0644. The van der Waals surface area contributed by atoms with Gasteiger partial charge in [-0.05, 0) is 5.56 Å². The fraction of sp³-hybridized carbons (Fsp3) is 0.250. The smallest absolute Gasteiger partial charge is 0.471 e. The predicted octanol–water partition coefficient (Wildman–Crippen LogP) is -0.160. The third kappa shape index (κ3) is 4.71.